The van der Waals surface area contributed by atoms with Crippen LogP contribution in [0, 0.1) is 5.92 Å². The first-order valence-electron chi connectivity index (χ1n) is 6.44. The summed E-state index contributed by atoms with van der Waals surface area (Å²) in [7, 11) is -3.53. The molecule has 0 spiro atoms. The van der Waals surface area contributed by atoms with Gasteiger partial charge in [0.15, 0.2) is 0 Å². The molecule has 1 aliphatic heterocycles. The summed E-state index contributed by atoms with van der Waals surface area (Å²) in [5, 5.41) is 8.88. The fourth-order valence-electron chi connectivity index (χ4n) is 2.17. The molecule has 0 amide bonds. The number of imidazole rings is 1. The van der Waals surface area contributed by atoms with Crippen molar-refractivity contribution >= 4 is 16.2 Å². The van der Waals surface area contributed by atoms with Gasteiger partial charge in [0, 0.05) is 37.9 Å². The van der Waals surface area contributed by atoms with Gasteiger partial charge in [0.05, 0.1) is 12.2 Å². The Morgan fingerprint density at radius 2 is 2.20 bits per heavy atom. The topological polar surface area (TPSA) is 115 Å². The van der Waals surface area contributed by atoms with E-state index >= 15 is 0 Å². The van der Waals surface area contributed by atoms with Crippen LogP contribution in [0.15, 0.2) is 12.5 Å². The Hall–Kier alpha value is -1.45. The third kappa shape index (κ3) is 3.78. The number of carboxylic acid groups (broad SMARTS) is 1. The van der Waals surface area contributed by atoms with Crippen LogP contribution in [0.5, 0.6) is 0 Å². The van der Waals surface area contributed by atoms with E-state index in [1.165, 1.54) is 4.31 Å². The second kappa shape index (κ2) is 6.33. The Kier molecular flexibility index (Phi) is 4.73. The van der Waals surface area contributed by atoms with E-state index < -0.39 is 22.1 Å². The maximum atomic E-state index is 12.0. The van der Waals surface area contributed by atoms with E-state index in [0.717, 1.165) is 5.69 Å². The molecular formula is C11H18N4O4S. The number of H-pyrrole nitrogens is 1. The summed E-state index contributed by atoms with van der Waals surface area (Å²) in [5.74, 6) is -1.29. The zero-order chi connectivity index (χ0) is 14.6. The summed E-state index contributed by atoms with van der Waals surface area (Å²) in [6.45, 7) is 0.774. The number of carbonyl (C=O) groups is 1. The highest BCUT2D eigenvalue weighted by Crippen LogP contribution is 2.19. The van der Waals surface area contributed by atoms with Crippen LogP contribution in [0.2, 0.25) is 0 Å². The average Bonchev–Trinajstić information content (AvgIpc) is 2.92. The lowest BCUT2D eigenvalue weighted by Gasteiger charge is -2.29. The number of nitrogens with one attached hydrogen (secondary N) is 2. The molecule has 3 N–H and O–H groups in total. The van der Waals surface area contributed by atoms with Crippen LogP contribution in [0.25, 0.3) is 0 Å². The van der Waals surface area contributed by atoms with Gasteiger partial charge in [-0.3, -0.25) is 4.79 Å². The summed E-state index contributed by atoms with van der Waals surface area (Å²) in [4.78, 5) is 17.6. The normalized spacial score (nSPS) is 18.2. The molecule has 0 atom stereocenters. The van der Waals surface area contributed by atoms with E-state index in [1.54, 1.807) is 12.5 Å². The second-order valence-electron chi connectivity index (χ2n) is 4.74. The molecule has 1 aromatic heterocycles. The lowest BCUT2D eigenvalue weighted by atomic mass is 9.99. The van der Waals surface area contributed by atoms with Crippen molar-refractivity contribution in [3.05, 3.63) is 18.2 Å². The van der Waals surface area contributed by atoms with Gasteiger partial charge < -0.3 is 10.1 Å². The zero-order valence-corrected chi connectivity index (χ0v) is 11.8. The van der Waals surface area contributed by atoms with Crippen molar-refractivity contribution in [1.29, 1.82) is 0 Å². The highest BCUT2D eigenvalue weighted by atomic mass is 32.2. The molecular weight excluding hydrogens is 284 g/mol. The molecule has 112 valence electrons. The predicted molar refractivity (Wildman–Crippen MR) is 71.1 cm³/mol. The molecule has 0 bridgehead atoms. The number of aliphatic carboxylic acids is 1. The number of carboxylic acids is 1. The lowest BCUT2D eigenvalue weighted by molar-refractivity contribution is -0.142. The number of nitrogens with zero attached hydrogens (tertiary/aromatic N) is 2. The highest BCUT2D eigenvalue weighted by molar-refractivity contribution is 7.87. The quantitative estimate of drug-likeness (QED) is 0.660. The first-order chi connectivity index (χ1) is 9.49. The molecule has 20 heavy (non-hydrogen) atoms. The van der Waals surface area contributed by atoms with Gasteiger partial charge in [0.2, 0.25) is 0 Å². The molecule has 0 unspecified atom stereocenters. The molecule has 0 saturated carbocycles. The van der Waals surface area contributed by atoms with Gasteiger partial charge in [-0.1, -0.05) is 0 Å². The van der Waals surface area contributed by atoms with E-state index in [1.807, 2.05) is 0 Å². The molecule has 1 aliphatic rings. The van der Waals surface area contributed by atoms with Gasteiger partial charge in [-0.05, 0) is 12.8 Å². The number of rotatable bonds is 6. The van der Waals surface area contributed by atoms with E-state index in [0.29, 0.717) is 19.3 Å². The molecule has 1 saturated heterocycles. The Morgan fingerprint density at radius 3 is 2.75 bits per heavy atom. The van der Waals surface area contributed by atoms with Gasteiger partial charge >= 0.3 is 5.97 Å². The fourth-order valence-corrected chi connectivity index (χ4v) is 3.40. The summed E-state index contributed by atoms with van der Waals surface area (Å²) in [6, 6.07) is 0. The number of aromatic amines is 1. The fraction of sp³-hybridized carbons (Fsp3) is 0.636. The first kappa shape index (κ1) is 14.9. The van der Waals surface area contributed by atoms with Crippen molar-refractivity contribution in [2.24, 2.45) is 5.92 Å². The molecule has 2 rings (SSSR count). The van der Waals surface area contributed by atoms with Crippen molar-refractivity contribution in [2.45, 2.75) is 19.3 Å². The minimum atomic E-state index is -3.53. The van der Waals surface area contributed by atoms with Crippen molar-refractivity contribution in [1.82, 2.24) is 19.0 Å². The molecule has 2 heterocycles. The summed E-state index contributed by atoms with van der Waals surface area (Å²) >= 11 is 0. The largest absolute Gasteiger partial charge is 0.481 e. The second-order valence-corrected chi connectivity index (χ2v) is 6.49. The number of aromatic nitrogens is 2. The Morgan fingerprint density at radius 1 is 1.50 bits per heavy atom. The highest BCUT2D eigenvalue weighted by Gasteiger charge is 2.30. The molecule has 0 radical (unpaired) electrons. The molecule has 0 aromatic carbocycles. The van der Waals surface area contributed by atoms with Crippen LogP contribution in [0.3, 0.4) is 0 Å². The van der Waals surface area contributed by atoms with Crippen LogP contribution in [0.1, 0.15) is 18.5 Å². The maximum absolute atomic E-state index is 12.0. The van der Waals surface area contributed by atoms with Crippen molar-refractivity contribution in [2.75, 3.05) is 19.6 Å². The summed E-state index contributed by atoms with van der Waals surface area (Å²) in [6.07, 6.45) is 4.44. The van der Waals surface area contributed by atoms with Crippen LogP contribution in [0.4, 0.5) is 0 Å². The van der Waals surface area contributed by atoms with Crippen LogP contribution < -0.4 is 4.72 Å². The van der Waals surface area contributed by atoms with Gasteiger partial charge in [-0.2, -0.15) is 12.7 Å². The Labute approximate surface area is 117 Å². The van der Waals surface area contributed by atoms with Crippen molar-refractivity contribution in [3.63, 3.8) is 0 Å². The van der Waals surface area contributed by atoms with E-state index in [2.05, 4.69) is 14.7 Å². The standard InChI is InChI=1S/C11H18N4O4S/c16-11(17)9-2-5-15(6-3-9)20(18,19)14-4-1-10-7-12-8-13-10/h7-9,14H,1-6H2,(H,12,13)(H,16,17). The predicted octanol–water partition coefficient (Wildman–Crippen LogP) is -0.417. The molecule has 9 heteroatoms. The minimum absolute atomic E-state index is 0.246. The van der Waals surface area contributed by atoms with Gasteiger partial charge in [0.1, 0.15) is 0 Å². The summed E-state index contributed by atoms with van der Waals surface area (Å²) < 4.78 is 27.9. The van der Waals surface area contributed by atoms with Gasteiger partial charge in [-0.15, -0.1) is 0 Å². The first-order valence-corrected chi connectivity index (χ1v) is 7.88. The van der Waals surface area contributed by atoms with Crippen LogP contribution in [-0.2, 0) is 21.4 Å². The molecule has 0 aliphatic carbocycles. The molecule has 1 fully saturated rings. The number of hydrogen-bond donors (Lipinski definition) is 3. The Bertz CT molecular complexity index is 535. The lowest BCUT2D eigenvalue weighted by Crippen LogP contribution is -2.46. The minimum Gasteiger partial charge on any atom is -0.481 e. The van der Waals surface area contributed by atoms with E-state index in [9.17, 15) is 13.2 Å². The SMILES string of the molecule is O=C(O)C1CCN(S(=O)(=O)NCCc2cnc[nH]2)CC1. The van der Waals surface area contributed by atoms with Crippen LogP contribution in [-0.4, -0.2) is 53.4 Å². The summed E-state index contributed by atoms with van der Waals surface area (Å²) in [5.41, 5.74) is 0.859. The van der Waals surface area contributed by atoms with E-state index in [-0.39, 0.29) is 19.6 Å². The van der Waals surface area contributed by atoms with Crippen molar-refractivity contribution < 1.29 is 18.3 Å². The Balaban J connectivity index is 1.80. The third-order valence-electron chi connectivity index (χ3n) is 3.38. The molecule has 1 aromatic rings. The number of piperidine rings is 1. The van der Waals surface area contributed by atoms with Gasteiger partial charge in [-0.25, -0.2) is 9.71 Å². The number of hydrogen-bond acceptors (Lipinski definition) is 4. The maximum Gasteiger partial charge on any atom is 0.306 e. The van der Waals surface area contributed by atoms with E-state index in [4.69, 9.17) is 5.11 Å². The third-order valence-corrected chi connectivity index (χ3v) is 4.99. The zero-order valence-electron chi connectivity index (χ0n) is 10.9. The van der Waals surface area contributed by atoms with Crippen LogP contribution >= 0.6 is 0 Å². The van der Waals surface area contributed by atoms with Crippen molar-refractivity contribution in [3.8, 4) is 0 Å². The monoisotopic (exact) mass is 302 g/mol. The smallest absolute Gasteiger partial charge is 0.306 e. The molecule has 8 nitrogen and oxygen atoms in total. The average molecular weight is 302 g/mol. The van der Waals surface area contributed by atoms with Gasteiger partial charge in [0.25, 0.3) is 10.2 Å².